The predicted octanol–water partition coefficient (Wildman–Crippen LogP) is 2.17. The van der Waals surface area contributed by atoms with E-state index < -0.39 is 11.4 Å². The third-order valence-corrected chi connectivity index (χ3v) is 2.99. The number of nitriles is 1. The molecule has 1 rings (SSSR count). The van der Waals surface area contributed by atoms with Crippen molar-refractivity contribution in [3.8, 4) is 6.07 Å². The van der Waals surface area contributed by atoms with Crippen LogP contribution < -0.4 is 5.73 Å². The SMILES string of the molecule is CN(Cc1cc(C#N)ccc1F)C(=O)CCC(C)(C)N. The predicted molar refractivity (Wildman–Crippen MR) is 75.1 cm³/mol. The first-order valence-electron chi connectivity index (χ1n) is 6.44. The van der Waals surface area contributed by atoms with E-state index in [0.29, 0.717) is 24.0 Å². The summed E-state index contributed by atoms with van der Waals surface area (Å²) in [5.41, 5.74) is 6.15. The normalized spacial score (nSPS) is 11.0. The van der Waals surface area contributed by atoms with Crippen molar-refractivity contribution in [1.82, 2.24) is 4.90 Å². The molecule has 20 heavy (non-hydrogen) atoms. The lowest BCUT2D eigenvalue weighted by Crippen LogP contribution is -2.35. The van der Waals surface area contributed by atoms with Gasteiger partial charge in [-0.05, 0) is 38.5 Å². The van der Waals surface area contributed by atoms with Crippen molar-refractivity contribution in [2.45, 2.75) is 38.8 Å². The van der Waals surface area contributed by atoms with Crippen molar-refractivity contribution in [2.75, 3.05) is 7.05 Å². The zero-order valence-electron chi connectivity index (χ0n) is 12.1. The molecular weight excluding hydrogens is 257 g/mol. The van der Waals surface area contributed by atoms with E-state index in [1.807, 2.05) is 19.9 Å². The average molecular weight is 277 g/mol. The molecule has 108 valence electrons. The van der Waals surface area contributed by atoms with Gasteiger partial charge >= 0.3 is 0 Å². The summed E-state index contributed by atoms with van der Waals surface area (Å²) >= 11 is 0. The number of hydrogen-bond acceptors (Lipinski definition) is 3. The first-order valence-corrected chi connectivity index (χ1v) is 6.44. The highest BCUT2D eigenvalue weighted by Crippen LogP contribution is 2.14. The van der Waals surface area contributed by atoms with Crippen LogP contribution in [0.1, 0.15) is 37.8 Å². The van der Waals surface area contributed by atoms with E-state index >= 15 is 0 Å². The van der Waals surface area contributed by atoms with Gasteiger partial charge in [-0.25, -0.2) is 4.39 Å². The summed E-state index contributed by atoms with van der Waals surface area (Å²) in [6.07, 6.45) is 0.885. The summed E-state index contributed by atoms with van der Waals surface area (Å²) in [5, 5.41) is 8.80. The summed E-state index contributed by atoms with van der Waals surface area (Å²) in [6, 6.07) is 6.08. The number of nitrogens with zero attached hydrogens (tertiary/aromatic N) is 2. The van der Waals surface area contributed by atoms with Crippen molar-refractivity contribution < 1.29 is 9.18 Å². The maximum absolute atomic E-state index is 13.6. The highest BCUT2D eigenvalue weighted by Gasteiger charge is 2.17. The molecule has 0 saturated carbocycles. The highest BCUT2D eigenvalue weighted by atomic mass is 19.1. The largest absolute Gasteiger partial charge is 0.341 e. The number of amides is 1. The summed E-state index contributed by atoms with van der Waals surface area (Å²) in [7, 11) is 1.62. The second kappa shape index (κ2) is 6.49. The minimum atomic E-state index is -0.414. The Hall–Kier alpha value is -1.93. The summed E-state index contributed by atoms with van der Waals surface area (Å²) in [5.74, 6) is -0.506. The molecule has 2 N–H and O–H groups in total. The topological polar surface area (TPSA) is 70.1 Å². The molecule has 0 atom stereocenters. The molecule has 0 heterocycles. The smallest absolute Gasteiger partial charge is 0.222 e. The Kier molecular flexibility index (Phi) is 5.23. The third kappa shape index (κ3) is 4.98. The lowest BCUT2D eigenvalue weighted by atomic mass is 9.99. The average Bonchev–Trinajstić information content (AvgIpc) is 2.37. The lowest BCUT2D eigenvalue weighted by molar-refractivity contribution is -0.130. The van der Waals surface area contributed by atoms with Crippen LogP contribution >= 0.6 is 0 Å². The van der Waals surface area contributed by atoms with E-state index in [0.717, 1.165) is 0 Å². The zero-order chi connectivity index (χ0) is 15.3. The number of nitrogens with two attached hydrogens (primary N) is 1. The molecule has 1 aromatic carbocycles. The Morgan fingerprint density at radius 1 is 1.50 bits per heavy atom. The number of hydrogen-bond donors (Lipinski definition) is 1. The number of rotatable bonds is 5. The molecule has 1 amide bonds. The zero-order valence-corrected chi connectivity index (χ0v) is 12.1. The van der Waals surface area contributed by atoms with Gasteiger partial charge in [0.1, 0.15) is 5.82 Å². The molecule has 0 saturated heterocycles. The van der Waals surface area contributed by atoms with Crippen LogP contribution in [-0.2, 0) is 11.3 Å². The van der Waals surface area contributed by atoms with Gasteiger partial charge in [-0.1, -0.05) is 0 Å². The van der Waals surface area contributed by atoms with Crippen molar-refractivity contribution in [1.29, 1.82) is 5.26 Å². The lowest BCUT2D eigenvalue weighted by Gasteiger charge is -2.22. The van der Waals surface area contributed by atoms with E-state index in [9.17, 15) is 9.18 Å². The Balaban J connectivity index is 2.68. The van der Waals surface area contributed by atoms with Gasteiger partial charge < -0.3 is 10.6 Å². The first kappa shape index (κ1) is 16.1. The summed E-state index contributed by atoms with van der Waals surface area (Å²) in [6.45, 7) is 3.86. The van der Waals surface area contributed by atoms with Gasteiger partial charge in [0.25, 0.3) is 0 Å². The Morgan fingerprint density at radius 3 is 2.70 bits per heavy atom. The molecule has 0 radical (unpaired) electrons. The van der Waals surface area contributed by atoms with Gasteiger partial charge in [-0.3, -0.25) is 4.79 Å². The second-order valence-corrected chi connectivity index (χ2v) is 5.66. The Bertz CT molecular complexity index is 529. The van der Waals surface area contributed by atoms with E-state index in [1.54, 1.807) is 7.05 Å². The highest BCUT2D eigenvalue weighted by molar-refractivity contribution is 5.76. The molecule has 5 heteroatoms. The van der Waals surface area contributed by atoms with Crippen molar-refractivity contribution in [2.24, 2.45) is 5.73 Å². The summed E-state index contributed by atoms with van der Waals surface area (Å²) < 4.78 is 13.6. The number of carbonyl (C=O) groups is 1. The van der Waals surface area contributed by atoms with E-state index in [2.05, 4.69) is 0 Å². The van der Waals surface area contributed by atoms with Gasteiger partial charge in [0.2, 0.25) is 5.91 Å². The number of halogens is 1. The van der Waals surface area contributed by atoms with Gasteiger partial charge in [-0.2, -0.15) is 5.26 Å². The van der Waals surface area contributed by atoms with E-state index in [1.165, 1.54) is 23.1 Å². The van der Waals surface area contributed by atoms with Crippen LogP contribution in [0.3, 0.4) is 0 Å². The standard InChI is InChI=1S/C15H20FN3O/c1-15(2,18)7-6-14(20)19(3)10-12-8-11(9-17)4-5-13(12)16/h4-5,8H,6-7,10,18H2,1-3H3. The van der Waals surface area contributed by atoms with Crippen molar-refractivity contribution in [3.05, 3.63) is 35.1 Å². The van der Waals surface area contributed by atoms with Crippen molar-refractivity contribution in [3.63, 3.8) is 0 Å². The maximum atomic E-state index is 13.6. The fraction of sp³-hybridized carbons (Fsp3) is 0.467. The molecule has 0 unspecified atom stereocenters. The molecule has 0 aliphatic carbocycles. The van der Waals surface area contributed by atoms with Crippen LogP contribution in [0.2, 0.25) is 0 Å². The van der Waals surface area contributed by atoms with Crippen LogP contribution in [0.4, 0.5) is 4.39 Å². The monoisotopic (exact) mass is 277 g/mol. The van der Waals surface area contributed by atoms with Gasteiger partial charge in [-0.15, -0.1) is 0 Å². The van der Waals surface area contributed by atoms with Crippen LogP contribution in [0.25, 0.3) is 0 Å². The quantitative estimate of drug-likeness (QED) is 0.896. The van der Waals surface area contributed by atoms with Crippen LogP contribution in [-0.4, -0.2) is 23.4 Å². The minimum absolute atomic E-state index is 0.0923. The molecule has 0 fully saturated rings. The summed E-state index contributed by atoms with van der Waals surface area (Å²) in [4.78, 5) is 13.4. The molecular formula is C15H20FN3O. The van der Waals surface area contributed by atoms with Crippen LogP contribution in [0.5, 0.6) is 0 Å². The fourth-order valence-corrected chi connectivity index (χ4v) is 1.73. The van der Waals surface area contributed by atoms with Gasteiger partial charge in [0, 0.05) is 31.1 Å². The van der Waals surface area contributed by atoms with Crippen LogP contribution in [0, 0.1) is 17.1 Å². The molecule has 0 spiro atoms. The Morgan fingerprint density at radius 2 is 2.15 bits per heavy atom. The first-order chi connectivity index (χ1) is 9.23. The molecule has 0 aliphatic heterocycles. The second-order valence-electron chi connectivity index (χ2n) is 5.66. The van der Waals surface area contributed by atoms with Gasteiger partial charge in [0.15, 0.2) is 0 Å². The van der Waals surface area contributed by atoms with Gasteiger partial charge in [0.05, 0.1) is 11.6 Å². The van der Waals surface area contributed by atoms with E-state index in [4.69, 9.17) is 11.0 Å². The molecule has 4 nitrogen and oxygen atoms in total. The molecule has 0 aromatic heterocycles. The van der Waals surface area contributed by atoms with E-state index in [-0.39, 0.29) is 12.5 Å². The number of benzene rings is 1. The molecule has 0 aliphatic rings. The minimum Gasteiger partial charge on any atom is -0.341 e. The third-order valence-electron chi connectivity index (χ3n) is 2.99. The molecule has 1 aromatic rings. The maximum Gasteiger partial charge on any atom is 0.222 e. The Labute approximate surface area is 119 Å². The molecule has 0 bridgehead atoms. The fourth-order valence-electron chi connectivity index (χ4n) is 1.73. The van der Waals surface area contributed by atoms with Crippen LogP contribution in [0.15, 0.2) is 18.2 Å². The van der Waals surface area contributed by atoms with Crippen molar-refractivity contribution >= 4 is 5.91 Å². The number of carbonyl (C=O) groups excluding carboxylic acids is 1.